The molecule has 0 saturated carbocycles. The van der Waals surface area contributed by atoms with Gasteiger partial charge < -0.3 is 10.8 Å². The Balaban J connectivity index is 2.89. The summed E-state index contributed by atoms with van der Waals surface area (Å²) in [5, 5.41) is 13.2. The van der Waals surface area contributed by atoms with Crippen molar-refractivity contribution in [3.63, 3.8) is 0 Å². The lowest BCUT2D eigenvalue weighted by molar-refractivity contribution is 0.157. The van der Waals surface area contributed by atoms with E-state index in [4.69, 9.17) is 22.4 Å². The SMILES string of the molecule is CN(N=C(N)c1ccc(Cl)nc1)C(=O)O. The standard InChI is InChI=1S/C8H9ClN4O2/c1-13(8(14)15)12-7(10)5-2-3-6(9)11-4-5/h2-4H,1H3,(H2,10,12)(H,14,15). The van der Waals surface area contributed by atoms with Crippen LogP contribution < -0.4 is 5.73 Å². The fourth-order valence-electron chi connectivity index (χ4n) is 0.789. The third kappa shape index (κ3) is 3.10. The van der Waals surface area contributed by atoms with E-state index in [9.17, 15) is 4.79 Å². The Morgan fingerprint density at radius 2 is 2.33 bits per heavy atom. The Bertz CT molecular complexity index is 390. The summed E-state index contributed by atoms with van der Waals surface area (Å²) in [6.07, 6.45) is 0.219. The number of carbonyl (C=O) groups is 1. The average Bonchev–Trinajstić information content (AvgIpc) is 2.18. The van der Waals surface area contributed by atoms with Crippen molar-refractivity contribution in [2.45, 2.75) is 0 Å². The molecule has 15 heavy (non-hydrogen) atoms. The number of aromatic nitrogens is 1. The second kappa shape index (κ2) is 4.61. The van der Waals surface area contributed by atoms with Crippen molar-refractivity contribution in [1.82, 2.24) is 9.99 Å². The Morgan fingerprint density at radius 1 is 1.67 bits per heavy atom. The van der Waals surface area contributed by atoms with Crippen LogP contribution in [0.25, 0.3) is 0 Å². The van der Waals surface area contributed by atoms with E-state index in [0.717, 1.165) is 0 Å². The van der Waals surface area contributed by atoms with Gasteiger partial charge in [-0.25, -0.2) is 9.78 Å². The summed E-state index contributed by atoms with van der Waals surface area (Å²) in [4.78, 5) is 14.2. The minimum atomic E-state index is -1.19. The first kappa shape index (κ1) is 11.3. The summed E-state index contributed by atoms with van der Waals surface area (Å²) in [6, 6.07) is 3.14. The predicted molar refractivity (Wildman–Crippen MR) is 55.8 cm³/mol. The highest BCUT2D eigenvalue weighted by Gasteiger charge is 2.05. The molecular formula is C8H9ClN4O2. The van der Waals surface area contributed by atoms with Crippen molar-refractivity contribution in [3.8, 4) is 0 Å². The second-order valence-corrected chi connectivity index (χ2v) is 3.05. The van der Waals surface area contributed by atoms with Crippen molar-refractivity contribution in [1.29, 1.82) is 0 Å². The molecule has 1 aromatic heterocycles. The number of hydrogen-bond donors (Lipinski definition) is 2. The topological polar surface area (TPSA) is 91.8 Å². The molecule has 0 aliphatic heterocycles. The molecule has 1 amide bonds. The lowest BCUT2D eigenvalue weighted by Gasteiger charge is -2.07. The number of amides is 1. The van der Waals surface area contributed by atoms with E-state index in [1.54, 1.807) is 12.1 Å². The molecule has 0 fully saturated rings. The number of nitrogens with zero attached hydrogens (tertiary/aromatic N) is 3. The van der Waals surface area contributed by atoms with Gasteiger partial charge in [-0.2, -0.15) is 5.01 Å². The highest BCUT2D eigenvalue weighted by molar-refractivity contribution is 6.29. The molecule has 1 rings (SSSR count). The summed E-state index contributed by atoms with van der Waals surface area (Å²) in [5.41, 5.74) is 6.05. The molecule has 80 valence electrons. The first-order chi connectivity index (χ1) is 7.00. The maximum Gasteiger partial charge on any atom is 0.427 e. The van der Waals surface area contributed by atoms with E-state index in [1.165, 1.54) is 13.2 Å². The molecule has 0 spiro atoms. The Labute approximate surface area is 91.0 Å². The molecule has 1 heterocycles. The average molecular weight is 229 g/mol. The van der Waals surface area contributed by atoms with Crippen LogP contribution in [0.5, 0.6) is 0 Å². The van der Waals surface area contributed by atoms with Crippen LogP contribution in [0.4, 0.5) is 4.79 Å². The summed E-state index contributed by atoms with van der Waals surface area (Å²) >= 11 is 5.58. The fraction of sp³-hybridized carbons (Fsp3) is 0.125. The molecular weight excluding hydrogens is 220 g/mol. The maximum atomic E-state index is 10.4. The Morgan fingerprint density at radius 3 is 2.80 bits per heavy atom. The van der Waals surface area contributed by atoms with Crippen LogP contribution in [-0.2, 0) is 0 Å². The van der Waals surface area contributed by atoms with Crippen LogP contribution in [-0.4, -0.2) is 34.1 Å². The monoisotopic (exact) mass is 228 g/mol. The molecule has 0 radical (unpaired) electrons. The zero-order valence-corrected chi connectivity index (χ0v) is 8.64. The van der Waals surface area contributed by atoms with Gasteiger partial charge in [0.15, 0.2) is 5.84 Å². The molecule has 3 N–H and O–H groups in total. The molecule has 0 bridgehead atoms. The van der Waals surface area contributed by atoms with Crippen LogP contribution in [0.3, 0.4) is 0 Å². The van der Waals surface area contributed by atoms with Crippen molar-refractivity contribution in [3.05, 3.63) is 29.0 Å². The third-order valence-electron chi connectivity index (χ3n) is 1.56. The summed E-state index contributed by atoms with van der Waals surface area (Å²) < 4.78 is 0. The molecule has 7 heteroatoms. The molecule has 1 aromatic rings. The second-order valence-electron chi connectivity index (χ2n) is 2.66. The van der Waals surface area contributed by atoms with E-state index < -0.39 is 6.09 Å². The smallest absolute Gasteiger partial charge is 0.427 e. The Kier molecular flexibility index (Phi) is 3.46. The first-order valence-electron chi connectivity index (χ1n) is 3.93. The van der Waals surface area contributed by atoms with Crippen LogP contribution in [0.2, 0.25) is 5.15 Å². The van der Waals surface area contributed by atoms with Gasteiger partial charge >= 0.3 is 6.09 Å². The van der Waals surface area contributed by atoms with Crippen molar-refractivity contribution < 1.29 is 9.90 Å². The lowest BCUT2D eigenvalue weighted by Crippen LogP contribution is -2.24. The maximum absolute atomic E-state index is 10.4. The normalized spacial score (nSPS) is 11.2. The number of hydrazone groups is 1. The summed E-state index contributed by atoms with van der Waals surface area (Å²) in [5.74, 6) is 0.0593. The molecule has 0 aromatic carbocycles. The lowest BCUT2D eigenvalue weighted by atomic mass is 10.3. The molecule has 6 nitrogen and oxygen atoms in total. The number of nitrogens with two attached hydrogens (primary N) is 1. The third-order valence-corrected chi connectivity index (χ3v) is 1.78. The molecule has 0 saturated heterocycles. The minimum absolute atomic E-state index is 0.0593. The van der Waals surface area contributed by atoms with Gasteiger partial charge in [-0.1, -0.05) is 11.6 Å². The van der Waals surface area contributed by atoms with Crippen LogP contribution in [0, 0.1) is 0 Å². The van der Waals surface area contributed by atoms with Gasteiger partial charge in [0, 0.05) is 18.8 Å². The van der Waals surface area contributed by atoms with Crippen molar-refractivity contribution in [2.24, 2.45) is 10.8 Å². The summed E-state index contributed by atoms with van der Waals surface area (Å²) in [6.45, 7) is 0. The van der Waals surface area contributed by atoms with Crippen LogP contribution in [0.1, 0.15) is 5.56 Å². The van der Waals surface area contributed by atoms with Gasteiger partial charge in [0.05, 0.1) is 0 Å². The molecule has 0 atom stereocenters. The molecule has 0 aliphatic rings. The van der Waals surface area contributed by atoms with Crippen molar-refractivity contribution in [2.75, 3.05) is 7.05 Å². The van der Waals surface area contributed by atoms with E-state index in [2.05, 4.69) is 10.1 Å². The predicted octanol–water partition coefficient (Wildman–Crippen LogP) is 0.965. The number of pyridine rings is 1. The number of carboxylic acid groups (broad SMARTS) is 1. The Hall–Kier alpha value is -1.82. The highest BCUT2D eigenvalue weighted by atomic mass is 35.5. The zero-order chi connectivity index (χ0) is 11.4. The van der Waals surface area contributed by atoms with E-state index >= 15 is 0 Å². The molecule has 0 aliphatic carbocycles. The first-order valence-corrected chi connectivity index (χ1v) is 4.31. The highest BCUT2D eigenvalue weighted by Crippen LogP contribution is 2.05. The molecule has 0 unspecified atom stereocenters. The van der Waals surface area contributed by atoms with Crippen molar-refractivity contribution >= 4 is 23.5 Å². The van der Waals surface area contributed by atoms with Gasteiger partial charge in [0.1, 0.15) is 5.15 Å². The zero-order valence-electron chi connectivity index (χ0n) is 7.88. The van der Waals surface area contributed by atoms with Crippen LogP contribution >= 0.6 is 11.6 Å². The van der Waals surface area contributed by atoms with E-state index in [1.807, 2.05) is 0 Å². The quantitative estimate of drug-likeness (QED) is 0.341. The number of amidine groups is 1. The largest absolute Gasteiger partial charge is 0.464 e. The van der Waals surface area contributed by atoms with Gasteiger partial charge in [0.25, 0.3) is 0 Å². The number of halogens is 1. The van der Waals surface area contributed by atoms with Gasteiger partial charge in [-0.05, 0) is 12.1 Å². The number of rotatable bonds is 2. The van der Waals surface area contributed by atoms with E-state index in [-0.39, 0.29) is 5.84 Å². The minimum Gasteiger partial charge on any atom is -0.464 e. The summed E-state index contributed by atoms with van der Waals surface area (Å²) in [7, 11) is 1.28. The number of hydrogen-bond acceptors (Lipinski definition) is 3. The van der Waals surface area contributed by atoms with E-state index in [0.29, 0.717) is 15.7 Å². The van der Waals surface area contributed by atoms with Gasteiger partial charge in [-0.3, -0.25) is 0 Å². The van der Waals surface area contributed by atoms with Gasteiger partial charge in [0.2, 0.25) is 0 Å². The van der Waals surface area contributed by atoms with Crippen LogP contribution in [0.15, 0.2) is 23.4 Å². The fourth-order valence-corrected chi connectivity index (χ4v) is 0.901. The van der Waals surface area contributed by atoms with Gasteiger partial charge in [-0.15, -0.1) is 5.10 Å².